The molecule has 92 valence electrons. The van der Waals surface area contributed by atoms with E-state index in [0.29, 0.717) is 12.1 Å². The molecule has 0 radical (unpaired) electrons. The summed E-state index contributed by atoms with van der Waals surface area (Å²) >= 11 is 0. The summed E-state index contributed by atoms with van der Waals surface area (Å²) in [7, 11) is 2.19. The first-order valence-electron chi connectivity index (χ1n) is 6.42. The molecule has 0 atom stereocenters. The van der Waals surface area contributed by atoms with Gasteiger partial charge in [0.25, 0.3) is 0 Å². The van der Waals surface area contributed by atoms with Crippen molar-refractivity contribution in [2.24, 2.45) is 0 Å². The average Bonchev–Trinajstić information content (AvgIpc) is 2.33. The second-order valence-electron chi connectivity index (χ2n) is 5.16. The Morgan fingerprint density at radius 3 is 2.00 bits per heavy atom. The number of hydrogen-bond acceptors (Lipinski definition) is 3. The third kappa shape index (κ3) is 3.19. The normalized spacial score (nSPS) is 25.9. The Morgan fingerprint density at radius 1 is 1.00 bits per heavy atom. The maximum atomic E-state index is 10.6. The summed E-state index contributed by atoms with van der Waals surface area (Å²) in [5, 5.41) is 3.75. The van der Waals surface area contributed by atoms with Gasteiger partial charge in [-0.3, -0.25) is 4.79 Å². The lowest BCUT2D eigenvalue weighted by molar-refractivity contribution is -0.119. The molecule has 2 heterocycles. The number of carbonyl (C=O) groups excluding carboxylic acids is 1. The molecule has 2 aliphatic rings. The van der Waals surface area contributed by atoms with Gasteiger partial charge < -0.3 is 15.1 Å². The zero-order valence-corrected chi connectivity index (χ0v) is 10.2. The summed E-state index contributed by atoms with van der Waals surface area (Å²) in [5.41, 5.74) is 0. The second kappa shape index (κ2) is 5.64. The van der Waals surface area contributed by atoms with Gasteiger partial charge in [-0.05, 0) is 45.8 Å². The standard InChI is InChI=1S/C12H23N3O/c1-14-6-2-11(3-7-14)13-12-4-8-15(10-16)9-5-12/h10-13H,2-9H2,1H3. The minimum absolute atomic E-state index is 0.629. The van der Waals surface area contributed by atoms with E-state index in [1.807, 2.05) is 4.90 Å². The van der Waals surface area contributed by atoms with Crippen LogP contribution in [0.4, 0.5) is 0 Å². The molecule has 2 aliphatic heterocycles. The van der Waals surface area contributed by atoms with E-state index in [-0.39, 0.29) is 0 Å². The summed E-state index contributed by atoms with van der Waals surface area (Å²) < 4.78 is 0. The fourth-order valence-corrected chi connectivity index (χ4v) is 2.68. The molecule has 1 N–H and O–H groups in total. The van der Waals surface area contributed by atoms with Crippen molar-refractivity contribution in [3.63, 3.8) is 0 Å². The van der Waals surface area contributed by atoms with Gasteiger partial charge >= 0.3 is 0 Å². The SMILES string of the molecule is CN1CCC(NC2CCN(C=O)CC2)CC1. The molecule has 0 aliphatic carbocycles. The lowest BCUT2D eigenvalue weighted by atomic mass is 10.00. The second-order valence-corrected chi connectivity index (χ2v) is 5.16. The van der Waals surface area contributed by atoms with Crippen molar-refractivity contribution in [3.05, 3.63) is 0 Å². The highest BCUT2D eigenvalue weighted by molar-refractivity contribution is 5.47. The molecule has 0 spiro atoms. The largest absolute Gasteiger partial charge is 0.345 e. The van der Waals surface area contributed by atoms with Gasteiger partial charge in [-0.2, -0.15) is 0 Å². The van der Waals surface area contributed by atoms with E-state index < -0.39 is 0 Å². The Morgan fingerprint density at radius 2 is 1.50 bits per heavy atom. The van der Waals surface area contributed by atoms with Crippen molar-refractivity contribution in [2.45, 2.75) is 37.8 Å². The number of likely N-dealkylation sites (tertiary alicyclic amines) is 2. The fourth-order valence-electron chi connectivity index (χ4n) is 2.68. The number of nitrogens with zero attached hydrogens (tertiary/aromatic N) is 2. The van der Waals surface area contributed by atoms with Gasteiger partial charge in [-0.1, -0.05) is 0 Å². The fraction of sp³-hybridized carbons (Fsp3) is 0.917. The summed E-state index contributed by atoms with van der Waals surface area (Å²) in [6.07, 6.45) is 5.75. The van der Waals surface area contributed by atoms with Gasteiger partial charge in [0.15, 0.2) is 0 Å². The first-order chi connectivity index (χ1) is 7.78. The molecule has 1 amide bonds. The van der Waals surface area contributed by atoms with Crippen LogP contribution >= 0.6 is 0 Å². The molecule has 4 nitrogen and oxygen atoms in total. The molecule has 0 bridgehead atoms. The monoisotopic (exact) mass is 225 g/mol. The Kier molecular flexibility index (Phi) is 4.18. The minimum Gasteiger partial charge on any atom is -0.345 e. The Bertz CT molecular complexity index is 218. The molecule has 0 saturated carbocycles. The lowest BCUT2D eigenvalue weighted by Crippen LogP contribution is -2.49. The van der Waals surface area contributed by atoms with E-state index >= 15 is 0 Å². The predicted molar refractivity (Wildman–Crippen MR) is 64.3 cm³/mol. The van der Waals surface area contributed by atoms with Crippen LogP contribution in [0.3, 0.4) is 0 Å². The van der Waals surface area contributed by atoms with E-state index in [2.05, 4.69) is 17.3 Å². The van der Waals surface area contributed by atoms with Crippen LogP contribution in [0.5, 0.6) is 0 Å². The Balaban J connectivity index is 1.68. The third-order valence-corrected chi connectivity index (χ3v) is 3.87. The number of carbonyl (C=O) groups is 1. The molecule has 0 unspecified atom stereocenters. The minimum atomic E-state index is 0.629. The van der Waals surface area contributed by atoms with Crippen LogP contribution in [0.15, 0.2) is 0 Å². The third-order valence-electron chi connectivity index (χ3n) is 3.87. The highest BCUT2D eigenvalue weighted by Gasteiger charge is 2.22. The van der Waals surface area contributed by atoms with Crippen molar-refractivity contribution < 1.29 is 4.79 Å². The molecule has 4 heteroatoms. The number of nitrogens with one attached hydrogen (secondary N) is 1. The summed E-state index contributed by atoms with van der Waals surface area (Å²) in [4.78, 5) is 14.9. The van der Waals surface area contributed by atoms with Gasteiger partial charge in [0.05, 0.1) is 0 Å². The maximum absolute atomic E-state index is 10.6. The molecule has 0 aromatic heterocycles. The highest BCUT2D eigenvalue weighted by Crippen LogP contribution is 2.14. The number of amides is 1. The van der Waals surface area contributed by atoms with E-state index in [1.54, 1.807) is 0 Å². The van der Waals surface area contributed by atoms with Gasteiger partial charge in [-0.25, -0.2) is 0 Å². The van der Waals surface area contributed by atoms with Crippen molar-refractivity contribution in [2.75, 3.05) is 33.2 Å². The topological polar surface area (TPSA) is 35.6 Å². The van der Waals surface area contributed by atoms with Gasteiger partial charge in [-0.15, -0.1) is 0 Å². The Hall–Kier alpha value is -0.610. The zero-order chi connectivity index (χ0) is 11.4. The van der Waals surface area contributed by atoms with Crippen LogP contribution in [0.2, 0.25) is 0 Å². The maximum Gasteiger partial charge on any atom is 0.209 e. The molecular formula is C12H23N3O. The van der Waals surface area contributed by atoms with Crippen LogP contribution in [-0.4, -0.2) is 61.5 Å². The van der Waals surface area contributed by atoms with Crippen LogP contribution < -0.4 is 5.32 Å². The quantitative estimate of drug-likeness (QED) is 0.701. The number of rotatable bonds is 3. The molecule has 0 aromatic rings. The molecule has 2 saturated heterocycles. The lowest BCUT2D eigenvalue weighted by Gasteiger charge is -2.36. The summed E-state index contributed by atoms with van der Waals surface area (Å²) in [5.74, 6) is 0. The van der Waals surface area contributed by atoms with Crippen molar-refractivity contribution in [1.82, 2.24) is 15.1 Å². The molecule has 0 aromatic carbocycles. The van der Waals surface area contributed by atoms with E-state index in [1.165, 1.54) is 25.9 Å². The van der Waals surface area contributed by atoms with Gasteiger partial charge in [0.2, 0.25) is 6.41 Å². The van der Waals surface area contributed by atoms with Gasteiger partial charge in [0, 0.05) is 25.2 Å². The highest BCUT2D eigenvalue weighted by atomic mass is 16.1. The van der Waals surface area contributed by atoms with Crippen LogP contribution in [0.25, 0.3) is 0 Å². The number of hydrogen-bond donors (Lipinski definition) is 1. The first kappa shape index (κ1) is 11.9. The summed E-state index contributed by atoms with van der Waals surface area (Å²) in [6.45, 7) is 4.28. The zero-order valence-electron chi connectivity index (χ0n) is 10.2. The van der Waals surface area contributed by atoms with Crippen LogP contribution in [-0.2, 0) is 4.79 Å². The van der Waals surface area contributed by atoms with Crippen molar-refractivity contribution in [3.8, 4) is 0 Å². The molecule has 2 rings (SSSR count). The first-order valence-corrected chi connectivity index (χ1v) is 6.42. The van der Waals surface area contributed by atoms with Crippen LogP contribution in [0.1, 0.15) is 25.7 Å². The average molecular weight is 225 g/mol. The smallest absolute Gasteiger partial charge is 0.209 e. The number of piperidine rings is 2. The predicted octanol–water partition coefficient (Wildman–Crippen LogP) is 0.291. The van der Waals surface area contributed by atoms with Gasteiger partial charge in [0.1, 0.15) is 0 Å². The Labute approximate surface area is 98.0 Å². The van der Waals surface area contributed by atoms with E-state index in [9.17, 15) is 4.79 Å². The molecular weight excluding hydrogens is 202 g/mol. The van der Waals surface area contributed by atoms with Crippen LogP contribution in [0, 0.1) is 0 Å². The van der Waals surface area contributed by atoms with E-state index in [4.69, 9.17) is 0 Å². The van der Waals surface area contributed by atoms with Crippen molar-refractivity contribution in [1.29, 1.82) is 0 Å². The van der Waals surface area contributed by atoms with E-state index in [0.717, 1.165) is 32.3 Å². The molecule has 2 fully saturated rings. The molecule has 16 heavy (non-hydrogen) atoms. The summed E-state index contributed by atoms with van der Waals surface area (Å²) in [6, 6.07) is 1.33. The van der Waals surface area contributed by atoms with Crippen molar-refractivity contribution >= 4 is 6.41 Å².